The quantitative estimate of drug-likeness (QED) is 0.884. The normalized spacial score (nSPS) is 14.0. The number of carbonyl (C=O) groups is 2. The Labute approximate surface area is 150 Å². The zero-order chi connectivity index (χ0) is 18.4. The summed E-state index contributed by atoms with van der Waals surface area (Å²) >= 11 is 0. The van der Waals surface area contributed by atoms with E-state index in [1.54, 1.807) is 17.0 Å². The second kappa shape index (κ2) is 8.44. The first kappa shape index (κ1) is 17.9. The van der Waals surface area contributed by atoms with E-state index in [1.807, 2.05) is 12.1 Å². The molecule has 1 fully saturated rings. The average Bonchev–Trinajstić information content (AvgIpc) is 2.66. The third-order valence-electron chi connectivity index (χ3n) is 4.03. The Kier molecular flexibility index (Phi) is 5.80. The summed E-state index contributed by atoms with van der Waals surface area (Å²) in [5, 5.41) is 5.31. The van der Waals surface area contributed by atoms with Gasteiger partial charge in [-0.1, -0.05) is 12.1 Å². The molecule has 1 aliphatic heterocycles. The van der Waals surface area contributed by atoms with Crippen LogP contribution >= 0.6 is 0 Å². The Bertz CT molecular complexity index is 757. The Morgan fingerprint density at radius 1 is 0.923 bits per heavy atom. The SMILES string of the molecule is O=C(Nc1ccc(F)cc1)Nc1ccc(CC(=O)N2CCOCC2)cc1. The van der Waals surface area contributed by atoms with Gasteiger partial charge in [0.2, 0.25) is 5.91 Å². The predicted octanol–water partition coefficient (Wildman–Crippen LogP) is 2.87. The molecule has 0 unspecified atom stereocenters. The average molecular weight is 357 g/mol. The van der Waals surface area contributed by atoms with Crippen molar-refractivity contribution < 1.29 is 18.7 Å². The van der Waals surface area contributed by atoms with Gasteiger partial charge in [0.1, 0.15) is 5.82 Å². The van der Waals surface area contributed by atoms with Crippen LogP contribution in [-0.4, -0.2) is 43.1 Å². The number of hydrogen-bond donors (Lipinski definition) is 2. The number of anilines is 2. The lowest BCUT2D eigenvalue weighted by atomic mass is 10.1. The molecule has 0 bridgehead atoms. The minimum absolute atomic E-state index is 0.0723. The van der Waals surface area contributed by atoms with Gasteiger partial charge in [0.25, 0.3) is 0 Å². The largest absolute Gasteiger partial charge is 0.378 e. The summed E-state index contributed by atoms with van der Waals surface area (Å²) in [6.07, 6.45) is 0.321. The smallest absolute Gasteiger partial charge is 0.323 e. The van der Waals surface area contributed by atoms with E-state index in [9.17, 15) is 14.0 Å². The van der Waals surface area contributed by atoms with Crippen molar-refractivity contribution >= 4 is 23.3 Å². The maximum atomic E-state index is 12.9. The van der Waals surface area contributed by atoms with Gasteiger partial charge >= 0.3 is 6.03 Å². The number of carbonyl (C=O) groups excluding carboxylic acids is 2. The van der Waals surface area contributed by atoms with Gasteiger partial charge in [-0.2, -0.15) is 0 Å². The number of nitrogens with one attached hydrogen (secondary N) is 2. The molecule has 0 aliphatic carbocycles. The van der Waals surface area contributed by atoms with E-state index in [0.29, 0.717) is 44.1 Å². The molecule has 1 saturated heterocycles. The molecule has 136 valence electrons. The van der Waals surface area contributed by atoms with E-state index in [0.717, 1.165) is 5.56 Å². The standard InChI is InChI=1S/C19H20FN3O3/c20-15-3-7-17(8-4-15)22-19(25)21-16-5-1-14(2-6-16)13-18(24)23-9-11-26-12-10-23/h1-8H,9-13H2,(H2,21,22,25). The molecule has 0 atom stereocenters. The van der Waals surface area contributed by atoms with Crippen molar-refractivity contribution in [3.8, 4) is 0 Å². The molecule has 0 saturated carbocycles. The van der Waals surface area contributed by atoms with Crippen molar-refractivity contribution in [3.63, 3.8) is 0 Å². The van der Waals surface area contributed by atoms with Gasteiger partial charge in [0.05, 0.1) is 19.6 Å². The van der Waals surface area contributed by atoms with Gasteiger partial charge in [-0.15, -0.1) is 0 Å². The zero-order valence-electron chi connectivity index (χ0n) is 14.2. The highest BCUT2D eigenvalue weighted by Gasteiger charge is 2.16. The molecule has 6 nitrogen and oxygen atoms in total. The maximum absolute atomic E-state index is 12.9. The van der Waals surface area contributed by atoms with Crippen molar-refractivity contribution in [1.82, 2.24) is 4.90 Å². The number of benzene rings is 2. The van der Waals surface area contributed by atoms with Gasteiger partial charge in [-0.3, -0.25) is 4.79 Å². The summed E-state index contributed by atoms with van der Waals surface area (Å²) in [4.78, 5) is 26.0. The van der Waals surface area contributed by atoms with E-state index < -0.39 is 6.03 Å². The summed E-state index contributed by atoms with van der Waals surface area (Å²) in [5.41, 5.74) is 1.98. The van der Waals surface area contributed by atoms with E-state index in [-0.39, 0.29) is 11.7 Å². The van der Waals surface area contributed by atoms with Crippen molar-refractivity contribution in [2.24, 2.45) is 0 Å². The summed E-state index contributed by atoms with van der Waals surface area (Å²) in [5.74, 6) is -0.291. The van der Waals surface area contributed by atoms with Crippen LogP contribution in [0.4, 0.5) is 20.6 Å². The second-order valence-electron chi connectivity index (χ2n) is 5.95. The molecular formula is C19H20FN3O3. The molecule has 2 N–H and O–H groups in total. The zero-order valence-corrected chi connectivity index (χ0v) is 14.2. The monoisotopic (exact) mass is 357 g/mol. The molecule has 3 rings (SSSR count). The maximum Gasteiger partial charge on any atom is 0.323 e. The van der Waals surface area contributed by atoms with E-state index in [1.165, 1.54) is 24.3 Å². The van der Waals surface area contributed by atoms with Gasteiger partial charge in [-0.05, 0) is 42.0 Å². The van der Waals surface area contributed by atoms with E-state index >= 15 is 0 Å². The lowest BCUT2D eigenvalue weighted by Crippen LogP contribution is -2.41. The number of amides is 3. The fraction of sp³-hybridized carbons (Fsp3) is 0.263. The predicted molar refractivity (Wildman–Crippen MR) is 96.6 cm³/mol. The third-order valence-corrected chi connectivity index (χ3v) is 4.03. The van der Waals surface area contributed by atoms with Crippen molar-refractivity contribution in [2.75, 3.05) is 36.9 Å². The summed E-state index contributed by atoms with van der Waals surface area (Å²) in [6, 6.07) is 12.2. The number of ether oxygens (including phenoxy) is 1. The van der Waals surface area contributed by atoms with Gasteiger partial charge in [-0.25, -0.2) is 9.18 Å². The third kappa shape index (κ3) is 5.03. The lowest BCUT2D eigenvalue weighted by molar-refractivity contribution is -0.134. The Balaban J connectivity index is 1.51. The first-order chi connectivity index (χ1) is 12.6. The Morgan fingerprint density at radius 2 is 1.46 bits per heavy atom. The van der Waals surface area contributed by atoms with Crippen LogP contribution in [0, 0.1) is 5.82 Å². The molecule has 0 radical (unpaired) electrons. The van der Waals surface area contributed by atoms with Crippen LogP contribution in [-0.2, 0) is 16.0 Å². The number of hydrogen-bond acceptors (Lipinski definition) is 3. The molecule has 1 heterocycles. The molecular weight excluding hydrogens is 337 g/mol. The number of morpholine rings is 1. The molecule has 26 heavy (non-hydrogen) atoms. The summed E-state index contributed by atoms with van der Waals surface area (Å²) in [6.45, 7) is 2.42. The Hall–Kier alpha value is -2.93. The van der Waals surface area contributed by atoms with Gasteiger partial charge in [0.15, 0.2) is 0 Å². The minimum atomic E-state index is -0.422. The van der Waals surface area contributed by atoms with E-state index in [2.05, 4.69) is 10.6 Å². The molecule has 2 aromatic carbocycles. The second-order valence-corrected chi connectivity index (χ2v) is 5.95. The van der Waals surface area contributed by atoms with Gasteiger partial charge in [0, 0.05) is 24.5 Å². The van der Waals surface area contributed by atoms with Crippen LogP contribution in [0.1, 0.15) is 5.56 Å². The molecule has 1 aliphatic rings. The number of urea groups is 1. The van der Waals surface area contributed by atoms with Gasteiger partial charge < -0.3 is 20.3 Å². The van der Waals surface area contributed by atoms with Crippen LogP contribution in [0.15, 0.2) is 48.5 Å². The van der Waals surface area contributed by atoms with Crippen molar-refractivity contribution in [1.29, 1.82) is 0 Å². The molecule has 3 amide bonds. The fourth-order valence-corrected chi connectivity index (χ4v) is 2.63. The molecule has 7 heteroatoms. The number of rotatable bonds is 4. The fourth-order valence-electron chi connectivity index (χ4n) is 2.63. The topological polar surface area (TPSA) is 70.7 Å². The van der Waals surface area contributed by atoms with Crippen LogP contribution in [0.5, 0.6) is 0 Å². The highest BCUT2D eigenvalue weighted by molar-refractivity contribution is 5.99. The van der Waals surface area contributed by atoms with Crippen molar-refractivity contribution in [2.45, 2.75) is 6.42 Å². The van der Waals surface area contributed by atoms with Crippen LogP contribution in [0.3, 0.4) is 0 Å². The first-order valence-electron chi connectivity index (χ1n) is 8.38. The lowest BCUT2D eigenvalue weighted by Gasteiger charge is -2.26. The first-order valence-corrected chi connectivity index (χ1v) is 8.38. The molecule has 0 aromatic heterocycles. The highest BCUT2D eigenvalue weighted by atomic mass is 19.1. The molecule has 2 aromatic rings. The Morgan fingerprint density at radius 3 is 2.04 bits per heavy atom. The summed E-state index contributed by atoms with van der Waals surface area (Å²) < 4.78 is 18.1. The highest BCUT2D eigenvalue weighted by Crippen LogP contribution is 2.13. The van der Waals surface area contributed by atoms with Crippen LogP contribution in [0.25, 0.3) is 0 Å². The van der Waals surface area contributed by atoms with Crippen molar-refractivity contribution in [3.05, 3.63) is 59.9 Å². The summed E-state index contributed by atoms with van der Waals surface area (Å²) in [7, 11) is 0. The molecule has 0 spiro atoms. The van der Waals surface area contributed by atoms with Crippen LogP contribution in [0.2, 0.25) is 0 Å². The van der Waals surface area contributed by atoms with E-state index in [4.69, 9.17) is 4.74 Å². The number of nitrogens with zero attached hydrogens (tertiary/aromatic N) is 1. The van der Waals surface area contributed by atoms with Crippen LogP contribution < -0.4 is 10.6 Å². The number of halogens is 1. The minimum Gasteiger partial charge on any atom is -0.378 e.